The van der Waals surface area contributed by atoms with Gasteiger partial charge in [-0.2, -0.15) is 0 Å². The van der Waals surface area contributed by atoms with Gasteiger partial charge in [0.2, 0.25) is 0 Å². The van der Waals surface area contributed by atoms with E-state index in [1.165, 1.54) is 70.8 Å². The summed E-state index contributed by atoms with van der Waals surface area (Å²) >= 11 is 0. The lowest BCUT2D eigenvalue weighted by Crippen LogP contribution is -2.06. The molecule has 0 aliphatic carbocycles. The highest BCUT2D eigenvalue weighted by Gasteiger charge is 1.91. The van der Waals surface area contributed by atoms with E-state index in [2.05, 4.69) is 12.2 Å². The Hall–Kier alpha value is -0.0800. The molecule has 0 aromatic heterocycles. The van der Waals surface area contributed by atoms with Crippen LogP contribution in [0.1, 0.15) is 78.1 Å². The maximum absolute atomic E-state index is 7.57. The van der Waals surface area contributed by atoms with Crippen LogP contribution in [-0.4, -0.2) is 25.3 Å². The Morgan fingerprint density at radius 2 is 1.06 bits per heavy atom. The smallest absolute Gasteiger partial charge is 0.0402 e. The van der Waals surface area contributed by atoms with Crippen molar-refractivity contribution in [3.63, 3.8) is 0 Å². The lowest BCUT2D eigenvalue weighted by Gasteiger charge is -2.01. The Labute approximate surface area is 109 Å². The molecule has 0 rings (SSSR count). The van der Waals surface area contributed by atoms with Crippen LogP contribution >= 0.6 is 0 Å². The van der Waals surface area contributed by atoms with Crippen molar-refractivity contribution in [2.24, 2.45) is 0 Å². The van der Waals surface area contributed by atoms with Gasteiger partial charge >= 0.3 is 0 Å². The largest absolute Gasteiger partial charge is 0.397 e. The van der Waals surface area contributed by atoms with E-state index in [-0.39, 0.29) is 6.61 Å². The normalized spacial score (nSPS) is 9.88. The molecular weight excluding hydrogens is 210 g/mol. The zero-order valence-corrected chi connectivity index (χ0v) is 12.4. The van der Waals surface area contributed by atoms with Crippen LogP contribution in [0.15, 0.2) is 0 Å². The molecule has 0 radical (unpaired) electrons. The van der Waals surface area contributed by atoms with E-state index < -0.39 is 0 Å². The maximum Gasteiger partial charge on any atom is 0.0402 e. The summed E-state index contributed by atoms with van der Waals surface area (Å²) in [6.07, 6.45) is 14.3. The summed E-state index contributed by atoms with van der Waals surface area (Å²) in [5.41, 5.74) is 0. The standard InChI is InChI=1S/C13H29N.C2H6O/c1-3-4-5-6-7-8-9-10-11-12-13-14-2;1-2-3/h14H,3-13H2,1-2H3;3H,2H2,1H3. The first-order chi connectivity index (χ1) is 8.33. The number of rotatable bonds is 11. The molecule has 106 valence electrons. The van der Waals surface area contributed by atoms with Gasteiger partial charge in [-0.3, -0.25) is 0 Å². The Morgan fingerprint density at radius 1 is 0.706 bits per heavy atom. The van der Waals surface area contributed by atoms with Crippen molar-refractivity contribution >= 4 is 0 Å². The fraction of sp³-hybridized carbons (Fsp3) is 1.00. The van der Waals surface area contributed by atoms with Crippen molar-refractivity contribution in [2.75, 3.05) is 20.2 Å². The van der Waals surface area contributed by atoms with E-state index in [4.69, 9.17) is 5.11 Å². The fourth-order valence-electron chi connectivity index (χ4n) is 1.79. The van der Waals surface area contributed by atoms with Crippen molar-refractivity contribution in [3.8, 4) is 0 Å². The van der Waals surface area contributed by atoms with Crippen LogP contribution in [0, 0.1) is 0 Å². The molecule has 17 heavy (non-hydrogen) atoms. The SMILES string of the molecule is CCCCCCCCCCCCNC.CCO. The molecule has 0 aliphatic rings. The molecule has 2 nitrogen and oxygen atoms in total. The van der Waals surface area contributed by atoms with Gasteiger partial charge in [-0.25, -0.2) is 0 Å². The molecule has 0 aromatic carbocycles. The monoisotopic (exact) mass is 245 g/mol. The average Bonchev–Trinajstić information content (AvgIpc) is 2.33. The van der Waals surface area contributed by atoms with Crippen molar-refractivity contribution < 1.29 is 5.11 Å². The average molecular weight is 245 g/mol. The Bertz CT molecular complexity index is 95.1. The second-order valence-electron chi connectivity index (χ2n) is 4.60. The van der Waals surface area contributed by atoms with Crippen LogP contribution in [0.3, 0.4) is 0 Å². The van der Waals surface area contributed by atoms with Gasteiger partial charge in [0, 0.05) is 6.61 Å². The third-order valence-electron chi connectivity index (χ3n) is 2.78. The van der Waals surface area contributed by atoms with Crippen molar-refractivity contribution in [1.29, 1.82) is 0 Å². The van der Waals surface area contributed by atoms with Crippen LogP contribution < -0.4 is 5.32 Å². The quantitative estimate of drug-likeness (QED) is 0.537. The van der Waals surface area contributed by atoms with E-state index in [9.17, 15) is 0 Å². The van der Waals surface area contributed by atoms with Gasteiger partial charge in [-0.15, -0.1) is 0 Å². The molecule has 2 heteroatoms. The molecule has 0 saturated heterocycles. The van der Waals surface area contributed by atoms with E-state index in [0.29, 0.717) is 0 Å². The number of nitrogens with one attached hydrogen (secondary N) is 1. The van der Waals surface area contributed by atoms with Crippen molar-refractivity contribution in [3.05, 3.63) is 0 Å². The molecule has 0 aliphatic heterocycles. The van der Waals surface area contributed by atoms with Crippen LogP contribution in [0.4, 0.5) is 0 Å². The van der Waals surface area contributed by atoms with E-state index >= 15 is 0 Å². The Morgan fingerprint density at radius 3 is 1.41 bits per heavy atom. The Balaban J connectivity index is 0. The van der Waals surface area contributed by atoms with Gasteiger partial charge in [0.25, 0.3) is 0 Å². The molecule has 0 bridgehead atoms. The highest BCUT2D eigenvalue weighted by molar-refractivity contribution is 4.48. The van der Waals surface area contributed by atoms with Crippen LogP contribution in [0.5, 0.6) is 0 Å². The van der Waals surface area contributed by atoms with Crippen molar-refractivity contribution in [1.82, 2.24) is 5.32 Å². The number of aliphatic hydroxyl groups is 1. The molecule has 0 spiro atoms. The summed E-state index contributed by atoms with van der Waals surface area (Å²) in [7, 11) is 2.04. The first kappa shape index (κ1) is 19.3. The van der Waals surface area contributed by atoms with Gasteiger partial charge in [0.1, 0.15) is 0 Å². The minimum atomic E-state index is 0.250. The summed E-state index contributed by atoms with van der Waals surface area (Å²) in [6.45, 7) is 5.40. The zero-order chi connectivity index (χ0) is 13.2. The predicted octanol–water partition coefficient (Wildman–Crippen LogP) is 4.13. The summed E-state index contributed by atoms with van der Waals surface area (Å²) in [4.78, 5) is 0. The molecule has 0 aromatic rings. The minimum Gasteiger partial charge on any atom is -0.397 e. The third-order valence-corrected chi connectivity index (χ3v) is 2.78. The van der Waals surface area contributed by atoms with E-state index in [1.807, 2.05) is 7.05 Å². The third kappa shape index (κ3) is 25.9. The number of aliphatic hydroxyl groups excluding tert-OH is 1. The molecule has 2 N–H and O–H groups in total. The maximum atomic E-state index is 7.57. The first-order valence-electron chi connectivity index (χ1n) is 7.58. The lowest BCUT2D eigenvalue weighted by atomic mass is 10.1. The van der Waals surface area contributed by atoms with Crippen molar-refractivity contribution in [2.45, 2.75) is 78.1 Å². The minimum absolute atomic E-state index is 0.250. The van der Waals surface area contributed by atoms with Gasteiger partial charge < -0.3 is 10.4 Å². The molecular formula is C15H35NO. The highest BCUT2D eigenvalue weighted by Crippen LogP contribution is 2.09. The summed E-state index contributed by atoms with van der Waals surface area (Å²) in [6, 6.07) is 0. The van der Waals surface area contributed by atoms with Gasteiger partial charge in [0.15, 0.2) is 0 Å². The molecule has 0 amide bonds. The molecule has 0 fully saturated rings. The lowest BCUT2D eigenvalue weighted by molar-refractivity contribution is 0.318. The van der Waals surface area contributed by atoms with E-state index in [0.717, 1.165) is 0 Å². The van der Waals surface area contributed by atoms with Crippen LogP contribution in [0.25, 0.3) is 0 Å². The Kier molecular flexibility index (Phi) is 24.1. The van der Waals surface area contributed by atoms with Gasteiger partial charge in [0.05, 0.1) is 0 Å². The molecule has 0 unspecified atom stereocenters. The number of hydrogen-bond donors (Lipinski definition) is 2. The molecule has 0 heterocycles. The summed E-state index contributed by atoms with van der Waals surface area (Å²) in [5.74, 6) is 0. The second-order valence-corrected chi connectivity index (χ2v) is 4.60. The molecule has 0 atom stereocenters. The zero-order valence-electron chi connectivity index (χ0n) is 12.4. The van der Waals surface area contributed by atoms with E-state index in [1.54, 1.807) is 6.92 Å². The van der Waals surface area contributed by atoms with Crippen LogP contribution in [0.2, 0.25) is 0 Å². The fourth-order valence-corrected chi connectivity index (χ4v) is 1.79. The second kappa shape index (κ2) is 21.2. The summed E-state index contributed by atoms with van der Waals surface area (Å²) in [5, 5.41) is 10.8. The van der Waals surface area contributed by atoms with Gasteiger partial charge in [-0.05, 0) is 26.9 Å². The summed E-state index contributed by atoms with van der Waals surface area (Å²) < 4.78 is 0. The topological polar surface area (TPSA) is 32.3 Å². The number of unbranched alkanes of at least 4 members (excludes halogenated alkanes) is 9. The first-order valence-corrected chi connectivity index (χ1v) is 7.58. The van der Waals surface area contributed by atoms with Gasteiger partial charge in [-0.1, -0.05) is 64.7 Å². The van der Waals surface area contributed by atoms with Crippen LogP contribution in [-0.2, 0) is 0 Å². The predicted molar refractivity (Wildman–Crippen MR) is 78.5 cm³/mol. The molecule has 0 saturated carbocycles. The number of hydrogen-bond acceptors (Lipinski definition) is 2. The highest BCUT2D eigenvalue weighted by atomic mass is 16.2.